The average Bonchev–Trinajstić information content (AvgIpc) is 2.06. The molecule has 0 amide bonds. The monoisotopic (exact) mass is 194 g/mol. The fourth-order valence-electron chi connectivity index (χ4n) is 0.758. The Bertz CT molecular complexity index is 153. The number of hydrogen-bond acceptors (Lipinski definition) is 4. The summed E-state index contributed by atoms with van der Waals surface area (Å²) in [5.41, 5.74) is 0. The van der Waals surface area contributed by atoms with E-state index in [1.807, 2.05) is 0 Å². The van der Waals surface area contributed by atoms with Gasteiger partial charge in [0.1, 0.15) is 12.0 Å². The van der Waals surface area contributed by atoms with Crippen molar-refractivity contribution in [3.8, 4) is 0 Å². The van der Waals surface area contributed by atoms with Crippen molar-refractivity contribution in [1.29, 1.82) is 0 Å². The molecule has 2 unspecified atom stereocenters. The number of carbonyl (C=O) groups is 1. The van der Waals surface area contributed by atoms with Gasteiger partial charge in [-0.05, 0) is 6.92 Å². The van der Waals surface area contributed by atoms with Gasteiger partial charge in [0.2, 0.25) is 6.29 Å². The van der Waals surface area contributed by atoms with E-state index in [0.29, 0.717) is 13.2 Å². The maximum Gasteiger partial charge on any atom is 0.326 e. The smallest absolute Gasteiger partial charge is 0.326 e. The maximum atomic E-state index is 10.9. The van der Waals surface area contributed by atoms with E-state index in [1.54, 1.807) is 6.92 Å². The average molecular weight is 195 g/mol. The second-order valence-corrected chi connectivity index (χ2v) is 3.08. The van der Waals surface area contributed by atoms with Crippen molar-refractivity contribution in [2.45, 2.75) is 18.6 Å². The van der Waals surface area contributed by atoms with Crippen LogP contribution < -0.4 is 0 Å². The zero-order chi connectivity index (χ0) is 8.97. The van der Waals surface area contributed by atoms with Crippen LogP contribution >= 0.6 is 11.6 Å². The SMILES string of the molecule is CC(Cl)C(=O)OC1COCCO1. The van der Waals surface area contributed by atoms with Gasteiger partial charge in [0.25, 0.3) is 0 Å². The molecule has 2 atom stereocenters. The Hall–Kier alpha value is -0.320. The summed E-state index contributed by atoms with van der Waals surface area (Å²) in [6.07, 6.45) is -0.590. The first-order valence-electron chi connectivity index (χ1n) is 3.74. The molecule has 0 aromatic rings. The molecule has 0 radical (unpaired) electrons. The number of carbonyl (C=O) groups excluding carboxylic acids is 1. The summed E-state index contributed by atoms with van der Waals surface area (Å²) in [6.45, 7) is 2.84. The molecule has 1 fully saturated rings. The highest BCUT2D eigenvalue weighted by Gasteiger charge is 2.20. The second kappa shape index (κ2) is 4.64. The highest BCUT2D eigenvalue weighted by atomic mass is 35.5. The van der Waals surface area contributed by atoms with Crippen LogP contribution in [0.15, 0.2) is 0 Å². The Labute approximate surface area is 75.7 Å². The third-order valence-electron chi connectivity index (χ3n) is 1.36. The molecule has 70 valence electrons. The number of halogens is 1. The molecule has 0 bridgehead atoms. The lowest BCUT2D eigenvalue weighted by Crippen LogP contribution is -2.34. The van der Waals surface area contributed by atoms with Crippen molar-refractivity contribution >= 4 is 17.6 Å². The topological polar surface area (TPSA) is 44.8 Å². The molecule has 1 heterocycles. The van der Waals surface area contributed by atoms with Gasteiger partial charge in [-0.1, -0.05) is 0 Å². The summed E-state index contributed by atoms with van der Waals surface area (Å²) in [5, 5.41) is -0.643. The van der Waals surface area contributed by atoms with Gasteiger partial charge < -0.3 is 14.2 Å². The second-order valence-electron chi connectivity index (χ2n) is 2.43. The quantitative estimate of drug-likeness (QED) is 0.475. The molecular formula is C7H11ClO4. The summed E-state index contributed by atoms with van der Waals surface area (Å²) in [6, 6.07) is 0. The molecule has 1 aliphatic heterocycles. The van der Waals surface area contributed by atoms with E-state index < -0.39 is 17.6 Å². The van der Waals surface area contributed by atoms with Crippen LogP contribution in [0.3, 0.4) is 0 Å². The van der Waals surface area contributed by atoms with E-state index in [-0.39, 0.29) is 6.61 Å². The predicted octanol–water partition coefficient (Wildman–Crippen LogP) is 0.530. The molecule has 0 aromatic heterocycles. The fourth-order valence-corrected chi connectivity index (χ4v) is 0.809. The standard InChI is InChI=1S/C7H11ClO4/c1-5(8)7(9)12-6-4-10-2-3-11-6/h5-6H,2-4H2,1H3. The number of ether oxygens (including phenoxy) is 3. The molecule has 1 rings (SSSR count). The zero-order valence-corrected chi connectivity index (χ0v) is 7.54. The predicted molar refractivity (Wildman–Crippen MR) is 42.0 cm³/mol. The lowest BCUT2D eigenvalue weighted by atomic mass is 10.5. The van der Waals surface area contributed by atoms with Crippen LogP contribution in [0.4, 0.5) is 0 Å². The van der Waals surface area contributed by atoms with Crippen LogP contribution in [-0.4, -0.2) is 37.5 Å². The molecule has 0 saturated carbocycles. The van der Waals surface area contributed by atoms with E-state index >= 15 is 0 Å². The van der Waals surface area contributed by atoms with E-state index in [0.717, 1.165) is 0 Å². The van der Waals surface area contributed by atoms with Crippen molar-refractivity contribution in [3.05, 3.63) is 0 Å². The summed E-state index contributed by atoms with van der Waals surface area (Å²) in [4.78, 5) is 10.9. The van der Waals surface area contributed by atoms with Gasteiger partial charge in [-0.25, -0.2) is 0 Å². The molecule has 0 aromatic carbocycles. The van der Waals surface area contributed by atoms with Crippen LogP contribution in [0, 0.1) is 0 Å². The van der Waals surface area contributed by atoms with Gasteiger partial charge in [-0.15, -0.1) is 11.6 Å². The van der Waals surface area contributed by atoms with Crippen molar-refractivity contribution in [1.82, 2.24) is 0 Å². The third kappa shape index (κ3) is 2.97. The molecule has 1 saturated heterocycles. The van der Waals surface area contributed by atoms with Crippen molar-refractivity contribution in [3.63, 3.8) is 0 Å². The molecule has 5 heteroatoms. The molecule has 4 nitrogen and oxygen atoms in total. The summed E-state index contributed by atoms with van der Waals surface area (Å²) >= 11 is 5.48. The minimum absolute atomic E-state index is 0.287. The molecule has 1 aliphatic rings. The maximum absolute atomic E-state index is 10.9. The Morgan fingerprint density at radius 2 is 2.42 bits per heavy atom. The molecular weight excluding hydrogens is 184 g/mol. The minimum atomic E-state index is -0.643. The van der Waals surface area contributed by atoms with Crippen LogP contribution in [0.1, 0.15) is 6.92 Å². The van der Waals surface area contributed by atoms with Gasteiger partial charge in [0.15, 0.2) is 0 Å². The molecule has 0 spiro atoms. The fraction of sp³-hybridized carbons (Fsp3) is 0.857. The van der Waals surface area contributed by atoms with Crippen molar-refractivity contribution < 1.29 is 19.0 Å². The third-order valence-corrected chi connectivity index (χ3v) is 1.54. The number of alkyl halides is 1. The Kier molecular flexibility index (Phi) is 3.78. The van der Waals surface area contributed by atoms with Crippen LogP contribution in [0.2, 0.25) is 0 Å². The van der Waals surface area contributed by atoms with Gasteiger partial charge in [0, 0.05) is 0 Å². The molecule has 0 aliphatic carbocycles. The Morgan fingerprint density at radius 1 is 1.67 bits per heavy atom. The van der Waals surface area contributed by atoms with E-state index in [9.17, 15) is 4.79 Å². The van der Waals surface area contributed by atoms with Crippen LogP contribution in [-0.2, 0) is 19.0 Å². The number of rotatable bonds is 2. The number of esters is 1. The van der Waals surface area contributed by atoms with Gasteiger partial charge in [-0.2, -0.15) is 0 Å². The van der Waals surface area contributed by atoms with Crippen LogP contribution in [0.25, 0.3) is 0 Å². The molecule has 0 N–H and O–H groups in total. The van der Waals surface area contributed by atoms with Gasteiger partial charge in [0.05, 0.1) is 13.2 Å². The molecule has 12 heavy (non-hydrogen) atoms. The van der Waals surface area contributed by atoms with E-state index in [4.69, 9.17) is 25.8 Å². The highest BCUT2D eigenvalue weighted by molar-refractivity contribution is 6.29. The Balaban J connectivity index is 2.24. The van der Waals surface area contributed by atoms with Gasteiger partial charge in [-0.3, -0.25) is 4.79 Å². The lowest BCUT2D eigenvalue weighted by Gasteiger charge is -2.22. The van der Waals surface area contributed by atoms with Crippen molar-refractivity contribution in [2.75, 3.05) is 19.8 Å². The zero-order valence-electron chi connectivity index (χ0n) is 6.79. The summed E-state index contributed by atoms with van der Waals surface area (Å²) in [7, 11) is 0. The summed E-state index contributed by atoms with van der Waals surface area (Å²) in [5.74, 6) is -0.479. The largest absolute Gasteiger partial charge is 0.432 e. The summed E-state index contributed by atoms with van der Waals surface area (Å²) < 4.78 is 14.9. The van der Waals surface area contributed by atoms with E-state index in [2.05, 4.69) is 0 Å². The Morgan fingerprint density at radius 3 is 2.92 bits per heavy atom. The highest BCUT2D eigenvalue weighted by Crippen LogP contribution is 2.06. The minimum Gasteiger partial charge on any atom is -0.432 e. The first-order chi connectivity index (χ1) is 5.70. The number of hydrogen-bond donors (Lipinski definition) is 0. The van der Waals surface area contributed by atoms with Crippen LogP contribution in [0.5, 0.6) is 0 Å². The lowest BCUT2D eigenvalue weighted by molar-refractivity contribution is -0.213. The van der Waals surface area contributed by atoms with Gasteiger partial charge >= 0.3 is 5.97 Å². The van der Waals surface area contributed by atoms with Crippen molar-refractivity contribution in [2.24, 2.45) is 0 Å². The first-order valence-corrected chi connectivity index (χ1v) is 4.17. The normalized spacial score (nSPS) is 26.3. The first kappa shape index (κ1) is 9.77. The van der Waals surface area contributed by atoms with E-state index in [1.165, 1.54) is 0 Å².